The third kappa shape index (κ3) is 3.05. The summed E-state index contributed by atoms with van der Waals surface area (Å²) in [6.07, 6.45) is 0. The SMILES string of the molecule is Brc1ccccc1P(c1cccc2ccccc12)c1cccc2ccccc12. The van der Waals surface area contributed by atoms with Crippen LogP contribution in [0.25, 0.3) is 21.5 Å². The van der Waals surface area contributed by atoms with Gasteiger partial charge in [0.1, 0.15) is 0 Å². The zero-order chi connectivity index (χ0) is 18.9. The molecule has 0 aromatic heterocycles. The molecule has 0 bridgehead atoms. The van der Waals surface area contributed by atoms with E-state index in [9.17, 15) is 0 Å². The number of benzene rings is 5. The molecule has 0 saturated heterocycles. The van der Waals surface area contributed by atoms with Crippen LogP contribution in [0.2, 0.25) is 0 Å². The maximum absolute atomic E-state index is 3.84. The first-order valence-electron chi connectivity index (χ1n) is 9.33. The average Bonchev–Trinajstić information content (AvgIpc) is 2.75. The van der Waals surface area contributed by atoms with Gasteiger partial charge in [0.2, 0.25) is 0 Å². The Balaban J connectivity index is 1.88. The highest BCUT2D eigenvalue weighted by molar-refractivity contribution is 9.10. The van der Waals surface area contributed by atoms with Gasteiger partial charge < -0.3 is 0 Å². The third-order valence-electron chi connectivity index (χ3n) is 5.11. The molecule has 134 valence electrons. The summed E-state index contributed by atoms with van der Waals surface area (Å²) in [5.41, 5.74) is 0. The first-order valence-corrected chi connectivity index (χ1v) is 11.5. The van der Waals surface area contributed by atoms with Gasteiger partial charge in [0.15, 0.2) is 0 Å². The highest BCUT2D eigenvalue weighted by atomic mass is 79.9. The van der Waals surface area contributed by atoms with Gasteiger partial charge >= 0.3 is 0 Å². The van der Waals surface area contributed by atoms with E-state index in [0.717, 1.165) is 0 Å². The van der Waals surface area contributed by atoms with Gasteiger partial charge in [-0.1, -0.05) is 119 Å². The zero-order valence-corrected chi connectivity index (χ0v) is 17.7. The normalized spacial score (nSPS) is 11.4. The maximum atomic E-state index is 3.84. The molecule has 0 aliphatic carbocycles. The number of fused-ring (bicyclic) bond motifs is 2. The molecule has 5 aromatic carbocycles. The smallest absolute Gasteiger partial charge is 0.0258 e. The van der Waals surface area contributed by atoms with Crippen molar-refractivity contribution in [3.05, 3.63) is 114 Å². The van der Waals surface area contributed by atoms with Crippen LogP contribution in [0.1, 0.15) is 0 Å². The monoisotopic (exact) mass is 440 g/mol. The predicted octanol–water partition coefficient (Wildman–Crippen LogP) is 6.51. The van der Waals surface area contributed by atoms with E-state index < -0.39 is 7.92 Å². The van der Waals surface area contributed by atoms with Crippen molar-refractivity contribution in [2.75, 3.05) is 0 Å². The van der Waals surface area contributed by atoms with Crippen LogP contribution >= 0.6 is 23.9 Å². The molecule has 0 aliphatic rings. The minimum atomic E-state index is -0.713. The molecule has 0 aliphatic heterocycles. The topological polar surface area (TPSA) is 0 Å². The van der Waals surface area contributed by atoms with Crippen LogP contribution in [0.3, 0.4) is 0 Å². The Hall–Kier alpha value is -2.47. The summed E-state index contributed by atoms with van der Waals surface area (Å²) in [7, 11) is -0.713. The van der Waals surface area contributed by atoms with Crippen molar-refractivity contribution in [1.82, 2.24) is 0 Å². The molecule has 0 atom stereocenters. The Morgan fingerprint density at radius 2 is 0.857 bits per heavy atom. The average molecular weight is 441 g/mol. The number of rotatable bonds is 3. The molecule has 0 heterocycles. The molecular weight excluding hydrogens is 423 g/mol. The molecule has 0 spiro atoms. The lowest BCUT2D eigenvalue weighted by molar-refractivity contribution is 1.71. The van der Waals surface area contributed by atoms with Gasteiger partial charge in [-0.05, 0) is 51.4 Å². The van der Waals surface area contributed by atoms with E-state index in [-0.39, 0.29) is 0 Å². The lowest BCUT2D eigenvalue weighted by Gasteiger charge is -2.23. The summed E-state index contributed by atoms with van der Waals surface area (Å²) in [4.78, 5) is 0. The van der Waals surface area contributed by atoms with E-state index in [1.165, 1.54) is 41.9 Å². The number of halogens is 1. The molecule has 0 fully saturated rings. The van der Waals surface area contributed by atoms with Crippen molar-refractivity contribution >= 4 is 61.3 Å². The molecule has 0 N–H and O–H groups in total. The van der Waals surface area contributed by atoms with Crippen LogP contribution < -0.4 is 15.9 Å². The van der Waals surface area contributed by atoms with Crippen LogP contribution in [-0.2, 0) is 0 Å². The van der Waals surface area contributed by atoms with Crippen molar-refractivity contribution < 1.29 is 0 Å². The number of hydrogen-bond acceptors (Lipinski definition) is 0. The van der Waals surface area contributed by atoms with E-state index in [1.807, 2.05) is 0 Å². The second-order valence-electron chi connectivity index (χ2n) is 6.78. The minimum Gasteiger partial charge on any atom is -0.0616 e. The van der Waals surface area contributed by atoms with Crippen molar-refractivity contribution in [2.45, 2.75) is 0 Å². The van der Waals surface area contributed by atoms with Crippen molar-refractivity contribution in [3.63, 3.8) is 0 Å². The molecule has 0 amide bonds. The Morgan fingerprint density at radius 3 is 1.43 bits per heavy atom. The maximum Gasteiger partial charge on any atom is 0.0258 e. The summed E-state index contributed by atoms with van der Waals surface area (Å²) < 4.78 is 1.17. The Bertz CT molecular complexity index is 1200. The molecular formula is C26H18BrP. The molecule has 28 heavy (non-hydrogen) atoms. The summed E-state index contributed by atoms with van der Waals surface area (Å²) in [5.74, 6) is 0. The molecule has 5 rings (SSSR count). The van der Waals surface area contributed by atoms with Crippen molar-refractivity contribution in [2.24, 2.45) is 0 Å². The van der Waals surface area contributed by atoms with E-state index in [2.05, 4.69) is 125 Å². The summed E-state index contributed by atoms with van der Waals surface area (Å²) in [6.45, 7) is 0. The molecule has 5 aromatic rings. The summed E-state index contributed by atoms with van der Waals surface area (Å²) in [6, 6.07) is 39.5. The quantitative estimate of drug-likeness (QED) is 0.280. The molecule has 0 unspecified atom stereocenters. The van der Waals surface area contributed by atoms with Gasteiger partial charge in [-0.2, -0.15) is 0 Å². The molecule has 0 saturated carbocycles. The third-order valence-corrected chi connectivity index (χ3v) is 8.72. The van der Waals surface area contributed by atoms with Gasteiger partial charge in [-0.3, -0.25) is 0 Å². The zero-order valence-electron chi connectivity index (χ0n) is 15.2. The predicted molar refractivity (Wildman–Crippen MR) is 128 cm³/mol. The number of hydrogen-bond donors (Lipinski definition) is 0. The fourth-order valence-electron chi connectivity index (χ4n) is 3.83. The van der Waals surface area contributed by atoms with Crippen LogP contribution in [0, 0.1) is 0 Å². The summed E-state index contributed by atoms with van der Waals surface area (Å²) in [5, 5.41) is 9.40. The van der Waals surface area contributed by atoms with Gasteiger partial charge in [-0.25, -0.2) is 0 Å². The fourth-order valence-corrected chi connectivity index (χ4v) is 7.31. The molecule has 0 nitrogen and oxygen atoms in total. The van der Waals surface area contributed by atoms with Gasteiger partial charge in [0.25, 0.3) is 0 Å². The van der Waals surface area contributed by atoms with E-state index in [0.29, 0.717) is 0 Å². The second-order valence-corrected chi connectivity index (χ2v) is 9.75. The van der Waals surface area contributed by atoms with Crippen LogP contribution in [-0.4, -0.2) is 0 Å². The first-order chi connectivity index (χ1) is 13.8. The van der Waals surface area contributed by atoms with E-state index >= 15 is 0 Å². The van der Waals surface area contributed by atoms with Gasteiger partial charge in [0, 0.05) is 4.47 Å². The Kier molecular flexibility index (Phi) is 4.72. The Morgan fingerprint density at radius 1 is 0.429 bits per heavy atom. The van der Waals surface area contributed by atoms with E-state index in [1.54, 1.807) is 0 Å². The molecule has 0 radical (unpaired) electrons. The highest BCUT2D eigenvalue weighted by Crippen LogP contribution is 2.40. The lowest BCUT2D eigenvalue weighted by atomic mass is 10.1. The highest BCUT2D eigenvalue weighted by Gasteiger charge is 2.22. The van der Waals surface area contributed by atoms with Crippen molar-refractivity contribution in [3.8, 4) is 0 Å². The van der Waals surface area contributed by atoms with Crippen LogP contribution in [0.5, 0.6) is 0 Å². The van der Waals surface area contributed by atoms with Gasteiger partial charge in [0.05, 0.1) is 0 Å². The standard InChI is InChI=1S/C26H18BrP/c27-23-15-5-6-16-26(23)28(24-17-7-11-19-9-1-3-13-21(19)24)25-18-8-12-20-10-2-4-14-22(20)25/h1-18H. The van der Waals surface area contributed by atoms with Crippen LogP contribution in [0.4, 0.5) is 0 Å². The largest absolute Gasteiger partial charge is 0.0616 e. The lowest BCUT2D eigenvalue weighted by Crippen LogP contribution is -2.22. The Labute approximate surface area is 174 Å². The molecule has 2 heteroatoms. The fraction of sp³-hybridized carbons (Fsp3) is 0. The van der Waals surface area contributed by atoms with E-state index in [4.69, 9.17) is 0 Å². The van der Waals surface area contributed by atoms with Gasteiger partial charge in [-0.15, -0.1) is 0 Å². The summed E-state index contributed by atoms with van der Waals surface area (Å²) >= 11 is 3.84. The van der Waals surface area contributed by atoms with Crippen molar-refractivity contribution in [1.29, 1.82) is 0 Å². The minimum absolute atomic E-state index is 0.713. The second kappa shape index (κ2) is 7.51. The van der Waals surface area contributed by atoms with Crippen LogP contribution in [0.15, 0.2) is 114 Å². The first kappa shape index (κ1) is 17.6.